The van der Waals surface area contributed by atoms with E-state index in [4.69, 9.17) is 14.7 Å². The molecule has 2 atom stereocenters. The van der Waals surface area contributed by atoms with Crippen molar-refractivity contribution in [2.75, 3.05) is 0 Å². The summed E-state index contributed by atoms with van der Waals surface area (Å²) in [4.78, 5) is 24.2. The first kappa shape index (κ1) is 15.9. The second kappa shape index (κ2) is 6.87. The van der Waals surface area contributed by atoms with Gasteiger partial charge in [0.15, 0.2) is 0 Å². The minimum atomic E-state index is -4.84. The predicted molar refractivity (Wildman–Crippen MR) is 41.6 cm³/mol. The van der Waals surface area contributed by atoms with Crippen molar-refractivity contribution in [3.63, 3.8) is 0 Å². The van der Waals surface area contributed by atoms with Gasteiger partial charge in [-0.25, -0.2) is 13.2 Å². The molecule has 0 fully saturated rings. The molecule has 0 aliphatic heterocycles. The van der Waals surface area contributed by atoms with Crippen LogP contribution in [0.15, 0.2) is 0 Å². The zero-order valence-corrected chi connectivity index (χ0v) is 7.72. The van der Waals surface area contributed by atoms with E-state index in [-0.39, 0.29) is 29.6 Å². The summed E-state index contributed by atoms with van der Waals surface area (Å²) < 4.78 is 36.6. The molecule has 3 N–H and O–H groups in total. The third kappa shape index (κ3) is 9.58. The molecule has 8 nitrogen and oxygen atoms in total. The first-order valence-electron chi connectivity index (χ1n) is 2.01. The fourth-order valence-electron chi connectivity index (χ4n) is 0.216. The normalized spacial score (nSPS) is 20.2. The molecule has 0 aromatic heterocycles. The Bertz CT molecular complexity index is 200. The Kier molecular flexibility index (Phi) is 9.13. The van der Waals surface area contributed by atoms with Crippen LogP contribution in [0.5, 0.6) is 0 Å². The summed E-state index contributed by atoms with van der Waals surface area (Å²) in [5.41, 5.74) is 0. The summed E-state index contributed by atoms with van der Waals surface area (Å²) >= 11 is 0. The first-order valence-corrected chi connectivity index (χ1v) is 6.03. The van der Waals surface area contributed by atoms with Gasteiger partial charge in [-0.1, -0.05) is 0 Å². The first-order chi connectivity index (χ1) is 4.83. The topological polar surface area (TPSA) is 130 Å². The standard InChI is InChI=1S/Na.H5O8P3.H/c;1-9(2)7-11(5,6)8-10(3)4;/h;9-10H,(H,1,2)(H,3,4)(H,5,6);. The molecule has 0 saturated carbocycles. The molecule has 70 valence electrons. The van der Waals surface area contributed by atoms with E-state index in [0.29, 0.717) is 0 Å². The molecule has 0 aliphatic carbocycles. The molecule has 0 aromatic rings. The number of phosphoric acid groups is 1. The van der Waals surface area contributed by atoms with Crippen LogP contribution in [0.4, 0.5) is 0 Å². The van der Waals surface area contributed by atoms with Gasteiger partial charge in [0.05, 0.1) is 0 Å². The third-order valence-electron chi connectivity index (χ3n) is 0.387. The van der Waals surface area contributed by atoms with Crippen molar-refractivity contribution in [3.8, 4) is 0 Å². The van der Waals surface area contributed by atoms with Crippen LogP contribution < -0.4 is 0 Å². The van der Waals surface area contributed by atoms with Gasteiger partial charge >= 0.3 is 53.9 Å². The zero-order valence-electron chi connectivity index (χ0n) is 4.83. The van der Waals surface area contributed by atoms with Gasteiger partial charge in [-0.2, -0.15) is 0 Å². The molecule has 0 aromatic carbocycles. The van der Waals surface area contributed by atoms with Crippen LogP contribution in [0.25, 0.3) is 0 Å². The maximum absolute atomic E-state index is 10.3. The second-order valence-electron chi connectivity index (χ2n) is 1.18. The van der Waals surface area contributed by atoms with Gasteiger partial charge in [0.2, 0.25) is 0 Å². The SMILES string of the molecule is O=[PH](O)OP(=O)(O)O[PH](=O)O.[NaH]. The molecular formula is H6NaO8P3. The Balaban J connectivity index is 0. The molecule has 0 aliphatic rings. The monoisotopic (exact) mass is 250 g/mol. The van der Waals surface area contributed by atoms with E-state index < -0.39 is 24.3 Å². The third-order valence-corrected chi connectivity index (χ3v) is 3.48. The van der Waals surface area contributed by atoms with Crippen molar-refractivity contribution in [1.29, 1.82) is 0 Å². The van der Waals surface area contributed by atoms with E-state index in [9.17, 15) is 13.7 Å². The minimum absolute atomic E-state index is 0. The van der Waals surface area contributed by atoms with Crippen molar-refractivity contribution >= 4 is 53.9 Å². The summed E-state index contributed by atoms with van der Waals surface area (Å²) in [6.07, 6.45) is 0. The number of hydrogen-bond donors (Lipinski definition) is 3. The van der Waals surface area contributed by atoms with Gasteiger partial charge in [0.25, 0.3) is 0 Å². The molecule has 0 rings (SSSR count). The van der Waals surface area contributed by atoms with Crippen molar-refractivity contribution in [2.24, 2.45) is 0 Å². The fourth-order valence-corrected chi connectivity index (χ4v) is 2.28. The van der Waals surface area contributed by atoms with Crippen LogP contribution >= 0.6 is 24.3 Å². The molecule has 0 amide bonds. The Morgan fingerprint density at radius 2 is 1.33 bits per heavy atom. The van der Waals surface area contributed by atoms with Crippen molar-refractivity contribution in [1.82, 2.24) is 0 Å². The number of rotatable bonds is 4. The Hall–Kier alpha value is 1.49. The van der Waals surface area contributed by atoms with E-state index in [0.717, 1.165) is 0 Å². The molecule has 12 heavy (non-hydrogen) atoms. The molecule has 0 bridgehead atoms. The second-order valence-corrected chi connectivity index (χ2v) is 4.64. The van der Waals surface area contributed by atoms with E-state index in [1.54, 1.807) is 0 Å². The molecular weight excluding hydrogens is 244 g/mol. The van der Waals surface area contributed by atoms with E-state index in [2.05, 4.69) is 8.62 Å². The summed E-state index contributed by atoms with van der Waals surface area (Å²) in [6.45, 7) is 0. The Morgan fingerprint density at radius 1 is 1.08 bits per heavy atom. The van der Waals surface area contributed by atoms with Crippen LogP contribution in [0, 0.1) is 0 Å². The molecule has 0 saturated heterocycles. The van der Waals surface area contributed by atoms with Crippen LogP contribution in [0.2, 0.25) is 0 Å². The quantitative estimate of drug-likeness (QED) is 0.438. The van der Waals surface area contributed by atoms with Gasteiger partial charge in [0, 0.05) is 0 Å². The molecule has 0 spiro atoms. The summed E-state index contributed by atoms with van der Waals surface area (Å²) in [5.74, 6) is 0. The molecule has 2 unspecified atom stereocenters. The molecule has 12 heteroatoms. The van der Waals surface area contributed by atoms with Crippen LogP contribution in [-0.2, 0) is 22.3 Å². The van der Waals surface area contributed by atoms with Crippen LogP contribution in [-0.4, -0.2) is 44.2 Å². The van der Waals surface area contributed by atoms with Gasteiger partial charge in [-0.15, -0.1) is 0 Å². The number of hydrogen-bond acceptors (Lipinski definition) is 5. The van der Waals surface area contributed by atoms with E-state index in [1.165, 1.54) is 0 Å². The van der Waals surface area contributed by atoms with Crippen LogP contribution in [0.3, 0.4) is 0 Å². The van der Waals surface area contributed by atoms with Crippen LogP contribution in [0.1, 0.15) is 0 Å². The van der Waals surface area contributed by atoms with Gasteiger partial charge in [0.1, 0.15) is 0 Å². The summed E-state index contributed by atoms with van der Waals surface area (Å²) in [6, 6.07) is 0. The van der Waals surface area contributed by atoms with Crippen molar-refractivity contribution in [3.05, 3.63) is 0 Å². The fraction of sp³-hybridized carbons (Fsp3) is 0. The Morgan fingerprint density at radius 3 is 1.50 bits per heavy atom. The van der Waals surface area contributed by atoms with Crippen molar-refractivity contribution in [2.45, 2.75) is 0 Å². The maximum atomic E-state index is 10.3. The summed E-state index contributed by atoms with van der Waals surface area (Å²) in [7, 11) is -12.2. The van der Waals surface area contributed by atoms with Gasteiger partial charge in [-0.05, 0) is 0 Å². The van der Waals surface area contributed by atoms with E-state index in [1.807, 2.05) is 0 Å². The Labute approximate surface area is 90.7 Å². The average molecular weight is 250 g/mol. The van der Waals surface area contributed by atoms with Crippen molar-refractivity contribution < 1.29 is 37.0 Å². The molecule has 0 heterocycles. The predicted octanol–water partition coefficient (Wildman–Crippen LogP) is -0.765. The molecule has 0 radical (unpaired) electrons. The van der Waals surface area contributed by atoms with Gasteiger partial charge < -0.3 is 14.7 Å². The summed E-state index contributed by atoms with van der Waals surface area (Å²) in [5, 5.41) is 0. The van der Waals surface area contributed by atoms with Gasteiger partial charge in [-0.3, -0.25) is 9.13 Å². The average Bonchev–Trinajstić information content (AvgIpc) is 1.53. The zero-order chi connectivity index (χ0) is 9.07. The van der Waals surface area contributed by atoms with E-state index >= 15 is 0 Å².